The predicted octanol–water partition coefficient (Wildman–Crippen LogP) is 3.83. The van der Waals surface area contributed by atoms with Crippen molar-refractivity contribution in [2.75, 3.05) is 0 Å². The van der Waals surface area contributed by atoms with E-state index in [1.165, 1.54) is 12.8 Å². The maximum atomic E-state index is 12.0. The van der Waals surface area contributed by atoms with Crippen molar-refractivity contribution in [3.63, 3.8) is 0 Å². The third kappa shape index (κ3) is 5.78. The Hall–Kier alpha value is -1.52. The first-order chi connectivity index (χ1) is 9.65. The van der Waals surface area contributed by atoms with E-state index in [4.69, 9.17) is 4.74 Å². The van der Waals surface area contributed by atoms with Gasteiger partial charge in [0.05, 0.1) is 23.8 Å². The van der Waals surface area contributed by atoms with E-state index in [-0.39, 0.29) is 0 Å². The summed E-state index contributed by atoms with van der Waals surface area (Å²) in [6.07, 6.45) is 6.71. The number of unbranched alkanes of at least 4 members (excludes halogenated alkanes) is 2. The predicted molar refractivity (Wildman–Crippen MR) is 84.1 cm³/mol. The molecule has 1 aromatic heterocycles. The lowest BCUT2D eigenvalue weighted by atomic mass is 10.0. The number of amides is 1. The Labute approximate surface area is 128 Å². The highest BCUT2D eigenvalue weighted by atomic mass is 16.6. The van der Waals surface area contributed by atoms with Crippen molar-refractivity contribution in [2.24, 2.45) is 0 Å². The minimum atomic E-state index is -0.523. The Kier molecular flexibility index (Phi) is 5.81. The lowest BCUT2D eigenvalue weighted by Gasteiger charge is -2.29. The quantitative estimate of drug-likeness (QED) is 0.811. The summed E-state index contributed by atoms with van der Waals surface area (Å²) in [5, 5.41) is 2.92. The fraction of sp³-hybridized carbons (Fsp3) is 0.750. The van der Waals surface area contributed by atoms with E-state index in [2.05, 4.69) is 21.8 Å². The summed E-state index contributed by atoms with van der Waals surface area (Å²) in [7, 11) is 0. The number of alkyl carbamates (subject to hydrolysis) is 1. The lowest BCUT2D eigenvalue weighted by Crippen LogP contribution is -2.44. The zero-order valence-corrected chi connectivity index (χ0v) is 14.2. The maximum absolute atomic E-state index is 12.0. The van der Waals surface area contributed by atoms with Crippen LogP contribution in [0.1, 0.15) is 66.5 Å². The summed E-state index contributed by atoms with van der Waals surface area (Å²) in [6, 6.07) is 0. The number of nitrogens with zero attached hydrogens (tertiary/aromatic N) is 2. The molecule has 0 saturated carbocycles. The van der Waals surface area contributed by atoms with E-state index in [1.54, 1.807) is 0 Å². The second kappa shape index (κ2) is 6.96. The largest absolute Gasteiger partial charge is 0.444 e. The molecule has 0 fully saturated rings. The van der Waals surface area contributed by atoms with Gasteiger partial charge in [-0.1, -0.05) is 19.8 Å². The molecule has 0 atom stereocenters. The summed E-state index contributed by atoms with van der Waals surface area (Å²) >= 11 is 0. The Morgan fingerprint density at radius 3 is 2.52 bits per heavy atom. The van der Waals surface area contributed by atoms with Crippen LogP contribution in [0.3, 0.4) is 0 Å². The summed E-state index contributed by atoms with van der Waals surface area (Å²) in [5.74, 6) is 0. The Bertz CT molecular complexity index is 458. The van der Waals surface area contributed by atoms with Gasteiger partial charge in [0.2, 0.25) is 0 Å². The minimum absolute atomic E-state index is 0.409. The normalized spacial score (nSPS) is 12.3. The van der Waals surface area contributed by atoms with Crippen LogP contribution < -0.4 is 5.32 Å². The first-order valence-corrected chi connectivity index (χ1v) is 7.67. The number of rotatable bonds is 6. The molecular weight excluding hydrogens is 266 g/mol. The van der Waals surface area contributed by atoms with Crippen LogP contribution in [-0.4, -0.2) is 21.2 Å². The molecule has 0 aromatic carbocycles. The van der Waals surface area contributed by atoms with E-state index in [9.17, 15) is 4.79 Å². The van der Waals surface area contributed by atoms with E-state index in [0.717, 1.165) is 18.7 Å². The molecule has 1 amide bonds. The van der Waals surface area contributed by atoms with Crippen LogP contribution in [0.15, 0.2) is 12.5 Å². The number of hydrogen-bond acceptors (Lipinski definition) is 3. The molecule has 5 heteroatoms. The average molecular weight is 295 g/mol. The molecule has 0 bridgehead atoms. The van der Waals surface area contributed by atoms with Gasteiger partial charge >= 0.3 is 6.09 Å². The molecule has 0 aliphatic heterocycles. The topological polar surface area (TPSA) is 56.2 Å². The van der Waals surface area contributed by atoms with Crippen LogP contribution in [-0.2, 0) is 16.8 Å². The molecule has 0 aliphatic rings. The summed E-state index contributed by atoms with van der Waals surface area (Å²) in [5.41, 5.74) is -0.0310. The standard InChI is InChI=1S/C16H29N3O2/c1-7-8-9-10-19-12-17-11-13(19)16(5,6)18-14(20)21-15(2,3)4/h11-12H,7-10H2,1-6H3,(H,18,20). The van der Waals surface area contributed by atoms with Crippen LogP contribution in [0.4, 0.5) is 4.79 Å². The molecule has 1 heterocycles. The van der Waals surface area contributed by atoms with Gasteiger partial charge in [0.15, 0.2) is 0 Å². The van der Waals surface area contributed by atoms with Gasteiger partial charge in [-0.3, -0.25) is 0 Å². The van der Waals surface area contributed by atoms with Gasteiger partial charge in [-0.15, -0.1) is 0 Å². The first kappa shape index (κ1) is 17.5. The Morgan fingerprint density at radius 2 is 1.95 bits per heavy atom. The third-order valence-electron chi connectivity index (χ3n) is 3.17. The van der Waals surface area contributed by atoms with Crippen LogP contribution in [0, 0.1) is 0 Å². The number of hydrogen-bond donors (Lipinski definition) is 1. The lowest BCUT2D eigenvalue weighted by molar-refractivity contribution is 0.0466. The smallest absolute Gasteiger partial charge is 0.408 e. The van der Waals surface area contributed by atoms with Crippen molar-refractivity contribution in [3.05, 3.63) is 18.2 Å². The second-order valence-corrected chi connectivity index (χ2v) is 6.93. The van der Waals surface area contributed by atoms with Gasteiger partial charge in [0, 0.05) is 6.54 Å². The van der Waals surface area contributed by atoms with Gasteiger partial charge in [0.1, 0.15) is 5.60 Å². The van der Waals surface area contributed by atoms with Gasteiger partial charge in [-0.2, -0.15) is 0 Å². The number of carbonyl (C=O) groups is 1. The molecule has 0 radical (unpaired) electrons. The van der Waals surface area contributed by atoms with Gasteiger partial charge in [-0.25, -0.2) is 9.78 Å². The molecular formula is C16H29N3O2. The fourth-order valence-corrected chi connectivity index (χ4v) is 2.17. The zero-order valence-electron chi connectivity index (χ0n) is 14.2. The fourth-order valence-electron chi connectivity index (χ4n) is 2.17. The number of carbonyl (C=O) groups excluding carboxylic acids is 1. The molecule has 0 spiro atoms. The van der Waals surface area contributed by atoms with Gasteiger partial charge in [-0.05, 0) is 41.0 Å². The molecule has 0 unspecified atom stereocenters. The molecule has 1 aromatic rings. The van der Waals surface area contributed by atoms with Crippen LogP contribution in [0.2, 0.25) is 0 Å². The van der Waals surface area contributed by atoms with Gasteiger partial charge in [0.25, 0.3) is 0 Å². The monoisotopic (exact) mass is 295 g/mol. The van der Waals surface area contributed by atoms with Crippen molar-refractivity contribution in [1.82, 2.24) is 14.9 Å². The molecule has 1 rings (SSSR count). The zero-order chi connectivity index (χ0) is 16.1. The SMILES string of the molecule is CCCCCn1cncc1C(C)(C)NC(=O)OC(C)(C)C. The summed E-state index contributed by atoms with van der Waals surface area (Å²) in [4.78, 5) is 16.2. The summed E-state index contributed by atoms with van der Waals surface area (Å²) in [6.45, 7) is 12.6. The van der Waals surface area contributed by atoms with Crippen LogP contribution in [0.5, 0.6) is 0 Å². The number of imidazole rings is 1. The van der Waals surface area contributed by atoms with Crippen molar-refractivity contribution >= 4 is 6.09 Å². The first-order valence-electron chi connectivity index (χ1n) is 7.67. The van der Waals surface area contributed by atoms with Crippen molar-refractivity contribution in [1.29, 1.82) is 0 Å². The molecule has 0 aliphatic carbocycles. The number of aromatic nitrogens is 2. The molecule has 0 saturated heterocycles. The van der Waals surface area contributed by atoms with E-state index >= 15 is 0 Å². The maximum Gasteiger partial charge on any atom is 0.408 e. The summed E-state index contributed by atoms with van der Waals surface area (Å²) < 4.78 is 7.43. The number of nitrogens with one attached hydrogen (secondary N) is 1. The second-order valence-electron chi connectivity index (χ2n) is 6.93. The van der Waals surface area contributed by atoms with E-state index in [0.29, 0.717) is 0 Å². The van der Waals surface area contributed by atoms with Crippen LogP contribution >= 0.6 is 0 Å². The minimum Gasteiger partial charge on any atom is -0.444 e. The Morgan fingerprint density at radius 1 is 1.29 bits per heavy atom. The Balaban J connectivity index is 2.74. The molecule has 21 heavy (non-hydrogen) atoms. The molecule has 1 N–H and O–H groups in total. The van der Waals surface area contributed by atoms with Crippen LogP contribution in [0.25, 0.3) is 0 Å². The molecule has 120 valence electrons. The van der Waals surface area contributed by atoms with Crippen molar-refractivity contribution in [3.8, 4) is 0 Å². The highest BCUT2D eigenvalue weighted by Crippen LogP contribution is 2.21. The highest BCUT2D eigenvalue weighted by Gasteiger charge is 2.28. The highest BCUT2D eigenvalue weighted by molar-refractivity contribution is 5.68. The van der Waals surface area contributed by atoms with E-state index < -0.39 is 17.2 Å². The number of ether oxygens (including phenoxy) is 1. The van der Waals surface area contributed by atoms with Crippen molar-refractivity contribution in [2.45, 2.75) is 78.5 Å². The van der Waals surface area contributed by atoms with Crippen molar-refractivity contribution < 1.29 is 9.53 Å². The third-order valence-corrected chi connectivity index (χ3v) is 3.17. The average Bonchev–Trinajstić information content (AvgIpc) is 2.74. The van der Waals surface area contributed by atoms with E-state index in [1.807, 2.05) is 47.1 Å². The molecule has 5 nitrogen and oxygen atoms in total. The van der Waals surface area contributed by atoms with Gasteiger partial charge < -0.3 is 14.6 Å². The number of aryl methyl sites for hydroxylation is 1.